The number of nitrogens with zero attached hydrogens (tertiary/aromatic N) is 1. The maximum Gasteiger partial charge on any atom is 0.182 e. The van der Waals surface area contributed by atoms with Crippen molar-refractivity contribution < 1.29 is 14.3 Å². The second kappa shape index (κ2) is 6.48. The van der Waals surface area contributed by atoms with Gasteiger partial charge >= 0.3 is 0 Å². The zero-order valence-electron chi connectivity index (χ0n) is 12.9. The minimum atomic E-state index is 0.0610. The van der Waals surface area contributed by atoms with Crippen molar-refractivity contribution in [3.05, 3.63) is 47.7 Å². The van der Waals surface area contributed by atoms with Crippen LogP contribution in [0.25, 0.3) is 0 Å². The van der Waals surface area contributed by atoms with Gasteiger partial charge in [-0.05, 0) is 38.1 Å². The van der Waals surface area contributed by atoms with Crippen molar-refractivity contribution in [2.75, 3.05) is 20.8 Å². The molecule has 0 fully saturated rings. The molecular weight excluding hydrogens is 266 g/mol. The third-order valence-electron chi connectivity index (χ3n) is 3.69. The van der Waals surface area contributed by atoms with E-state index in [0.717, 1.165) is 5.70 Å². The summed E-state index contributed by atoms with van der Waals surface area (Å²) in [4.78, 5) is 14.6. The van der Waals surface area contributed by atoms with Gasteiger partial charge in [-0.2, -0.15) is 0 Å². The fraction of sp³-hybridized carbons (Fsp3) is 0.353. The zero-order chi connectivity index (χ0) is 15.4. The molecule has 4 nitrogen and oxygen atoms in total. The summed E-state index contributed by atoms with van der Waals surface area (Å²) in [5, 5.41) is 0. The average Bonchev–Trinajstić information content (AvgIpc) is 2.50. The fourth-order valence-electron chi connectivity index (χ4n) is 2.40. The van der Waals surface area contributed by atoms with Crippen molar-refractivity contribution in [1.29, 1.82) is 0 Å². The molecule has 2 rings (SSSR count). The van der Waals surface area contributed by atoms with Crippen LogP contribution >= 0.6 is 0 Å². The predicted octanol–water partition coefficient (Wildman–Crippen LogP) is 3.05. The first-order chi connectivity index (χ1) is 10.1. The Morgan fingerprint density at radius 2 is 1.95 bits per heavy atom. The molecule has 1 aromatic rings. The molecule has 4 heteroatoms. The third kappa shape index (κ3) is 3.27. The number of hydrogen-bond acceptors (Lipinski definition) is 4. The van der Waals surface area contributed by atoms with Gasteiger partial charge in [-0.15, -0.1) is 0 Å². The van der Waals surface area contributed by atoms with Crippen LogP contribution in [0.15, 0.2) is 42.1 Å². The number of Topliss-reactive ketones (excluding diaryl/α,β-unsaturated/α-hetero) is 1. The van der Waals surface area contributed by atoms with Crippen molar-refractivity contribution >= 4 is 5.78 Å². The van der Waals surface area contributed by atoms with Crippen LogP contribution in [0.2, 0.25) is 0 Å². The van der Waals surface area contributed by atoms with E-state index in [1.165, 1.54) is 0 Å². The summed E-state index contributed by atoms with van der Waals surface area (Å²) in [6, 6.07) is 5.48. The van der Waals surface area contributed by atoms with Gasteiger partial charge in [0.2, 0.25) is 0 Å². The first kappa shape index (κ1) is 15.2. The zero-order valence-corrected chi connectivity index (χ0v) is 12.9. The SMILES string of the molecule is COc1ccc(C(=O)CN2C(C)=CC=CC2C)cc1OC. The molecule has 1 aromatic carbocycles. The van der Waals surface area contributed by atoms with Crippen LogP contribution in [0.3, 0.4) is 0 Å². The molecule has 1 aliphatic heterocycles. The molecule has 0 bridgehead atoms. The molecule has 0 spiro atoms. The van der Waals surface area contributed by atoms with Crippen LogP contribution in [0.4, 0.5) is 0 Å². The summed E-state index contributed by atoms with van der Waals surface area (Å²) in [5.74, 6) is 1.26. The van der Waals surface area contributed by atoms with Crippen LogP contribution in [0.5, 0.6) is 11.5 Å². The summed E-state index contributed by atoms with van der Waals surface area (Å²) in [6.45, 7) is 4.44. The lowest BCUT2D eigenvalue weighted by Crippen LogP contribution is -2.36. The smallest absolute Gasteiger partial charge is 0.182 e. The van der Waals surface area contributed by atoms with Crippen LogP contribution in [-0.4, -0.2) is 37.5 Å². The van der Waals surface area contributed by atoms with Gasteiger partial charge in [-0.25, -0.2) is 0 Å². The van der Waals surface area contributed by atoms with Gasteiger partial charge in [-0.3, -0.25) is 4.79 Å². The van der Waals surface area contributed by atoms with Crippen molar-refractivity contribution in [2.45, 2.75) is 19.9 Å². The number of carbonyl (C=O) groups is 1. The van der Waals surface area contributed by atoms with Gasteiger partial charge in [0.05, 0.1) is 20.8 Å². The number of benzene rings is 1. The van der Waals surface area contributed by atoms with Gasteiger partial charge in [0.25, 0.3) is 0 Å². The normalized spacial score (nSPS) is 17.4. The van der Waals surface area contributed by atoms with Gasteiger partial charge in [0, 0.05) is 17.3 Å². The molecule has 1 aliphatic rings. The summed E-state index contributed by atoms with van der Waals surface area (Å²) < 4.78 is 10.4. The minimum absolute atomic E-state index is 0.0610. The van der Waals surface area contributed by atoms with Crippen molar-refractivity contribution in [1.82, 2.24) is 4.90 Å². The highest BCUT2D eigenvalue weighted by molar-refractivity contribution is 5.98. The number of ketones is 1. The molecule has 0 amide bonds. The summed E-state index contributed by atoms with van der Waals surface area (Å²) in [7, 11) is 3.14. The largest absolute Gasteiger partial charge is 0.493 e. The molecule has 0 radical (unpaired) electrons. The van der Waals surface area contributed by atoms with Gasteiger partial charge in [0.1, 0.15) is 0 Å². The maximum atomic E-state index is 12.5. The lowest BCUT2D eigenvalue weighted by Gasteiger charge is -2.31. The molecule has 0 saturated carbocycles. The van der Waals surface area contributed by atoms with Crippen molar-refractivity contribution in [3.63, 3.8) is 0 Å². The van der Waals surface area contributed by atoms with Crippen LogP contribution in [0.1, 0.15) is 24.2 Å². The Bertz CT molecular complexity index is 590. The Morgan fingerprint density at radius 3 is 2.57 bits per heavy atom. The number of rotatable bonds is 5. The van der Waals surface area contributed by atoms with Crippen LogP contribution in [-0.2, 0) is 0 Å². The molecule has 21 heavy (non-hydrogen) atoms. The van der Waals surface area contributed by atoms with Crippen molar-refractivity contribution in [3.8, 4) is 11.5 Å². The van der Waals surface area contributed by atoms with Crippen LogP contribution in [0, 0.1) is 0 Å². The summed E-state index contributed by atoms with van der Waals surface area (Å²) in [6.07, 6.45) is 6.12. The van der Waals surface area contributed by atoms with E-state index >= 15 is 0 Å². The van der Waals surface area contributed by atoms with E-state index in [2.05, 4.69) is 17.9 Å². The lowest BCUT2D eigenvalue weighted by atomic mass is 10.1. The Hall–Kier alpha value is -2.23. The van der Waals surface area contributed by atoms with Crippen molar-refractivity contribution in [2.24, 2.45) is 0 Å². The Balaban J connectivity index is 2.17. The Labute approximate surface area is 125 Å². The van der Waals surface area contributed by atoms with Gasteiger partial charge in [0.15, 0.2) is 17.3 Å². The van der Waals surface area contributed by atoms with Gasteiger partial charge in [-0.1, -0.05) is 12.2 Å². The predicted molar refractivity (Wildman–Crippen MR) is 82.9 cm³/mol. The lowest BCUT2D eigenvalue weighted by molar-refractivity contribution is 0.0939. The van der Waals surface area contributed by atoms with E-state index in [0.29, 0.717) is 23.6 Å². The van der Waals surface area contributed by atoms with E-state index < -0.39 is 0 Å². The number of methoxy groups -OCH3 is 2. The fourth-order valence-corrected chi connectivity index (χ4v) is 2.40. The maximum absolute atomic E-state index is 12.5. The topological polar surface area (TPSA) is 38.8 Å². The van der Waals surface area contributed by atoms with Crippen LogP contribution < -0.4 is 9.47 Å². The first-order valence-corrected chi connectivity index (χ1v) is 6.93. The molecule has 0 aliphatic carbocycles. The third-order valence-corrected chi connectivity index (χ3v) is 3.69. The number of allylic oxidation sites excluding steroid dienone is 3. The highest BCUT2D eigenvalue weighted by Crippen LogP contribution is 2.28. The van der Waals surface area contributed by atoms with E-state index in [-0.39, 0.29) is 11.8 Å². The standard InChI is InChI=1S/C17H21NO3/c1-12-6-5-7-13(2)18(12)11-15(19)14-8-9-16(20-3)17(10-14)21-4/h5-10,12H,11H2,1-4H3. The quantitative estimate of drug-likeness (QED) is 0.780. The van der Waals surface area contributed by atoms with E-state index in [4.69, 9.17) is 9.47 Å². The second-order valence-corrected chi connectivity index (χ2v) is 5.05. The second-order valence-electron chi connectivity index (χ2n) is 5.05. The van der Waals surface area contributed by atoms with E-state index in [9.17, 15) is 4.79 Å². The minimum Gasteiger partial charge on any atom is -0.493 e. The van der Waals surface area contributed by atoms with E-state index in [1.54, 1.807) is 32.4 Å². The summed E-state index contributed by atoms with van der Waals surface area (Å²) in [5.41, 5.74) is 1.72. The Kier molecular flexibility index (Phi) is 4.68. The summed E-state index contributed by atoms with van der Waals surface area (Å²) >= 11 is 0. The first-order valence-electron chi connectivity index (χ1n) is 6.93. The molecule has 112 valence electrons. The molecular formula is C17H21NO3. The average molecular weight is 287 g/mol. The molecule has 0 N–H and O–H groups in total. The molecule has 1 heterocycles. The highest BCUT2D eigenvalue weighted by atomic mass is 16.5. The molecule has 0 saturated heterocycles. The number of carbonyl (C=O) groups excluding carboxylic acids is 1. The molecule has 1 unspecified atom stereocenters. The number of hydrogen-bond donors (Lipinski definition) is 0. The molecule has 1 atom stereocenters. The van der Waals surface area contributed by atoms with Gasteiger partial charge < -0.3 is 14.4 Å². The van der Waals surface area contributed by atoms with E-state index in [1.807, 2.05) is 19.1 Å². The highest BCUT2D eigenvalue weighted by Gasteiger charge is 2.19. The molecule has 0 aromatic heterocycles. The monoisotopic (exact) mass is 287 g/mol. The Morgan fingerprint density at radius 1 is 1.24 bits per heavy atom. The number of ether oxygens (including phenoxy) is 2.